The SMILES string of the molecule is COC(=O)CNC(=O)C(c1ccccc1)N(C(=O)C(CCC(N)=O)NC(=O)OC(C)(C)C)C1CCC1. The highest BCUT2D eigenvalue weighted by Crippen LogP contribution is 2.34. The van der Waals surface area contributed by atoms with Crippen LogP contribution in [0.2, 0.25) is 0 Å². The van der Waals surface area contributed by atoms with E-state index in [0.29, 0.717) is 18.4 Å². The number of hydrogen-bond donors (Lipinski definition) is 3. The Morgan fingerprint density at radius 3 is 2.25 bits per heavy atom. The fraction of sp³-hybridized carbons (Fsp3) is 0.560. The molecule has 0 aromatic heterocycles. The van der Waals surface area contributed by atoms with Gasteiger partial charge in [-0.05, 0) is 52.0 Å². The largest absolute Gasteiger partial charge is 0.468 e. The minimum absolute atomic E-state index is 0.0675. The van der Waals surface area contributed by atoms with Gasteiger partial charge in [0.25, 0.3) is 0 Å². The van der Waals surface area contributed by atoms with Gasteiger partial charge in [-0.15, -0.1) is 0 Å². The van der Waals surface area contributed by atoms with Crippen LogP contribution in [0.4, 0.5) is 4.79 Å². The molecule has 0 bridgehead atoms. The van der Waals surface area contributed by atoms with Gasteiger partial charge in [0, 0.05) is 12.5 Å². The number of nitrogens with zero attached hydrogens (tertiary/aromatic N) is 1. The van der Waals surface area contributed by atoms with E-state index in [1.54, 1.807) is 51.1 Å². The van der Waals surface area contributed by atoms with Crippen LogP contribution in [0, 0.1) is 0 Å². The molecule has 1 aromatic carbocycles. The average Bonchev–Trinajstić information content (AvgIpc) is 2.77. The van der Waals surface area contributed by atoms with Gasteiger partial charge in [0.1, 0.15) is 24.2 Å². The van der Waals surface area contributed by atoms with Crippen molar-refractivity contribution in [2.24, 2.45) is 5.73 Å². The van der Waals surface area contributed by atoms with Crippen LogP contribution in [0.25, 0.3) is 0 Å². The molecule has 0 heterocycles. The quantitative estimate of drug-likeness (QED) is 0.386. The first-order valence-electron chi connectivity index (χ1n) is 11.9. The van der Waals surface area contributed by atoms with Gasteiger partial charge in [-0.1, -0.05) is 30.3 Å². The fourth-order valence-electron chi connectivity index (χ4n) is 3.76. The summed E-state index contributed by atoms with van der Waals surface area (Å²) in [6.07, 6.45) is 1.13. The van der Waals surface area contributed by atoms with Crippen LogP contribution < -0.4 is 16.4 Å². The number of primary amides is 1. The molecule has 0 spiro atoms. The van der Waals surface area contributed by atoms with E-state index >= 15 is 0 Å². The van der Waals surface area contributed by atoms with Gasteiger partial charge in [0.15, 0.2) is 0 Å². The molecule has 1 aliphatic carbocycles. The first kappa shape index (κ1) is 28.6. The molecule has 2 atom stereocenters. The third-order valence-electron chi connectivity index (χ3n) is 5.67. The molecule has 2 unspecified atom stereocenters. The number of nitrogens with two attached hydrogens (primary N) is 1. The number of amides is 4. The van der Waals surface area contributed by atoms with Crippen molar-refractivity contribution < 1.29 is 33.4 Å². The maximum absolute atomic E-state index is 13.9. The first-order chi connectivity index (χ1) is 16.9. The van der Waals surface area contributed by atoms with Crippen molar-refractivity contribution >= 4 is 29.8 Å². The number of methoxy groups -OCH3 is 1. The number of esters is 1. The van der Waals surface area contributed by atoms with E-state index < -0.39 is 47.5 Å². The summed E-state index contributed by atoms with van der Waals surface area (Å²) in [6, 6.07) is 6.16. The average molecular weight is 505 g/mol. The maximum atomic E-state index is 13.9. The summed E-state index contributed by atoms with van der Waals surface area (Å²) >= 11 is 0. The number of alkyl carbamates (subject to hydrolysis) is 1. The first-order valence-corrected chi connectivity index (χ1v) is 11.9. The second-order valence-electron chi connectivity index (χ2n) is 9.64. The summed E-state index contributed by atoms with van der Waals surface area (Å²) in [5.74, 6) is -2.39. The van der Waals surface area contributed by atoms with E-state index in [9.17, 15) is 24.0 Å². The standard InChI is InChI=1S/C25H36N4O7/c1-25(2,3)36-24(34)28-18(13-14-19(26)30)23(33)29(17-11-8-12-17)21(16-9-6-5-7-10-16)22(32)27-15-20(31)35-4/h5-7,9-10,17-18,21H,8,11-15H2,1-4H3,(H2,26,30)(H,27,32)(H,28,34). The summed E-state index contributed by atoms with van der Waals surface area (Å²) in [4.78, 5) is 64.4. The van der Waals surface area contributed by atoms with E-state index in [2.05, 4.69) is 15.4 Å². The lowest BCUT2D eigenvalue weighted by Crippen LogP contribution is -2.57. The molecule has 36 heavy (non-hydrogen) atoms. The molecule has 1 aliphatic rings. The van der Waals surface area contributed by atoms with Crippen molar-refractivity contribution in [3.05, 3.63) is 35.9 Å². The van der Waals surface area contributed by atoms with Gasteiger partial charge in [-0.2, -0.15) is 0 Å². The van der Waals surface area contributed by atoms with Crippen molar-refractivity contribution in [3.63, 3.8) is 0 Å². The maximum Gasteiger partial charge on any atom is 0.408 e. The molecule has 11 nitrogen and oxygen atoms in total. The van der Waals surface area contributed by atoms with Crippen LogP contribution in [-0.4, -0.2) is 66.0 Å². The van der Waals surface area contributed by atoms with E-state index in [1.807, 2.05) is 0 Å². The second-order valence-corrected chi connectivity index (χ2v) is 9.64. The minimum atomic E-state index is -1.16. The van der Waals surface area contributed by atoms with Crippen LogP contribution in [0.1, 0.15) is 64.5 Å². The van der Waals surface area contributed by atoms with Gasteiger partial charge in [-0.3, -0.25) is 19.2 Å². The third-order valence-corrected chi connectivity index (χ3v) is 5.67. The molecule has 0 aliphatic heterocycles. The number of rotatable bonds is 11. The van der Waals surface area contributed by atoms with Gasteiger partial charge < -0.3 is 30.7 Å². The number of carbonyl (C=O) groups excluding carboxylic acids is 5. The van der Waals surface area contributed by atoms with Gasteiger partial charge >= 0.3 is 12.1 Å². The second kappa shape index (κ2) is 12.9. The summed E-state index contributed by atoms with van der Waals surface area (Å²) in [5, 5.41) is 5.09. The zero-order valence-electron chi connectivity index (χ0n) is 21.2. The Bertz CT molecular complexity index is 941. The Hall–Kier alpha value is -3.63. The van der Waals surface area contributed by atoms with Crippen LogP contribution in [-0.2, 0) is 28.7 Å². The van der Waals surface area contributed by atoms with Crippen molar-refractivity contribution in [1.29, 1.82) is 0 Å². The Labute approximate surface area is 211 Å². The number of nitrogens with one attached hydrogen (secondary N) is 2. The Morgan fingerprint density at radius 1 is 1.11 bits per heavy atom. The molecule has 1 saturated carbocycles. The number of ether oxygens (including phenoxy) is 2. The topological polar surface area (TPSA) is 157 Å². The van der Waals surface area contributed by atoms with E-state index in [1.165, 1.54) is 12.0 Å². The van der Waals surface area contributed by atoms with Crippen LogP contribution in [0.15, 0.2) is 30.3 Å². The highest BCUT2D eigenvalue weighted by Gasteiger charge is 2.42. The minimum Gasteiger partial charge on any atom is -0.468 e. The van der Waals surface area contributed by atoms with Crippen LogP contribution in [0.5, 0.6) is 0 Å². The highest BCUT2D eigenvalue weighted by molar-refractivity contribution is 5.93. The Kier molecular flexibility index (Phi) is 10.2. The highest BCUT2D eigenvalue weighted by atomic mass is 16.6. The van der Waals surface area contributed by atoms with Gasteiger partial charge in [-0.25, -0.2) is 4.79 Å². The molecule has 4 N–H and O–H groups in total. The van der Waals surface area contributed by atoms with Crippen molar-refractivity contribution in [2.75, 3.05) is 13.7 Å². The predicted molar refractivity (Wildman–Crippen MR) is 130 cm³/mol. The number of benzene rings is 1. The Balaban J connectivity index is 2.43. The van der Waals surface area contributed by atoms with Crippen molar-refractivity contribution in [1.82, 2.24) is 15.5 Å². The van der Waals surface area contributed by atoms with Crippen molar-refractivity contribution in [2.45, 2.75) is 76.6 Å². The number of carbonyl (C=O) groups is 5. The molecule has 1 fully saturated rings. The van der Waals surface area contributed by atoms with E-state index in [4.69, 9.17) is 10.5 Å². The Morgan fingerprint density at radius 2 is 1.75 bits per heavy atom. The molecule has 2 rings (SSSR count). The third kappa shape index (κ3) is 8.54. The van der Waals surface area contributed by atoms with Crippen LogP contribution >= 0.6 is 0 Å². The van der Waals surface area contributed by atoms with Gasteiger partial charge in [0.05, 0.1) is 7.11 Å². The molecule has 1 aromatic rings. The lowest BCUT2D eigenvalue weighted by Gasteiger charge is -2.43. The molecular weight excluding hydrogens is 468 g/mol. The zero-order chi connectivity index (χ0) is 26.9. The molecule has 198 valence electrons. The van der Waals surface area contributed by atoms with Gasteiger partial charge in [0.2, 0.25) is 17.7 Å². The predicted octanol–water partition coefficient (Wildman–Crippen LogP) is 1.56. The van der Waals surface area contributed by atoms with Crippen molar-refractivity contribution in [3.8, 4) is 0 Å². The summed E-state index contributed by atoms with van der Waals surface area (Å²) in [7, 11) is 1.21. The number of hydrogen-bond acceptors (Lipinski definition) is 7. The molecule has 11 heteroatoms. The summed E-state index contributed by atoms with van der Waals surface area (Å²) in [6.45, 7) is 4.69. The fourth-order valence-corrected chi connectivity index (χ4v) is 3.76. The van der Waals surface area contributed by atoms with Crippen LogP contribution in [0.3, 0.4) is 0 Å². The normalized spacial score (nSPS) is 15.0. The lowest BCUT2D eigenvalue weighted by atomic mass is 9.87. The molecule has 4 amide bonds. The summed E-state index contributed by atoms with van der Waals surface area (Å²) in [5.41, 5.74) is 5.03. The molecule has 0 saturated heterocycles. The molecular formula is C25H36N4O7. The lowest BCUT2D eigenvalue weighted by molar-refractivity contribution is -0.148. The smallest absolute Gasteiger partial charge is 0.408 e. The van der Waals surface area contributed by atoms with E-state index in [0.717, 1.165) is 6.42 Å². The zero-order valence-corrected chi connectivity index (χ0v) is 21.2. The monoisotopic (exact) mass is 504 g/mol. The van der Waals surface area contributed by atoms with E-state index in [-0.39, 0.29) is 25.4 Å². The molecule has 0 radical (unpaired) electrons. The summed E-state index contributed by atoms with van der Waals surface area (Å²) < 4.78 is 9.92.